The molecular weight excluding hydrogens is 142 g/mol. The van der Waals surface area contributed by atoms with Crippen molar-refractivity contribution in [3.05, 3.63) is 34.5 Å². The SMILES string of the molecule is Cc1cc2cn[nH]c(=O)n2c1. The van der Waals surface area contributed by atoms with Crippen molar-refractivity contribution in [3.8, 4) is 0 Å². The van der Waals surface area contributed by atoms with Crippen LogP contribution in [0.15, 0.2) is 23.3 Å². The van der Waals surface area contributed by atoms with Gasteiger partial charge in [0.1, 0.15) is 0 Å². The van der Waals surface area contributed by atoms with Gasteiger partial charge in [0.05, 0.1) is 11.7 Å². The van der Waals surface area contributed by atoms with Crippen LogP contribution in [0.25, 0.3) is 5.52 Å². The third-order valence-electron chi connectivity index (χ3n) is 1.56. The Kier molecular flexibility index (Phi) is 1.09. The number of hydrogen-bond donors (Lipinski definition) is 1. The average molecular weight is 149 g/mol. The Bertz CT molecular complexity index is 440. The van der Waals surface area contributed by atoms with Crippen molar-refractivity contribution >= 4 is 5.52 Å². The fourth-order valence-corrected chi connectivity index (χ4v) is 1.10. The van der Waals surface area contributed by atoms with Crippen LogP contribution in [0.3, 0.4) is 0 Å². The van der Waals surface area contributed by atoms with Crippen LogP contribution in [-0.2, 0) is 0 Å². The van der Waals surface area contributed by atoms with Crippen molar-refractivity contribution in [2.45, 2.75) is 6.92 Å². The van der Waals surface area contributed by atoms with Gasteiger partial charge in [-0.3, -0.25) is 4.40 Å². The molecule has 1 N–H and O–H groups in total. The maximum atomic E-state index is 11.0. The number of nitrogens with one attached hydrogen (secondary N) is 1. The second-order valence-electron chi connectivity index (χ2n) is 2.49. The Hall–Kier alpha value is -1.58. The Morgan fingerprint density at radius 3 is 3.18 bits per heavy atom. The molecule has 0 atom stereocenters. The summed E-state index contributed by atoms with van der Waals surface area (Å²) in [5, 5.41) is 6.01. The Balaban J connectivity index is 3.02. The smallest absolute Gasteiger partial charge is 0.267 e. The molecule has 0 saturated heterocycles. The van der Waals surface area contributed by atoms with Crippen molar-refractivity contribution in [1.82, 2.24) is 14.6 Å². The molecule has 2 rings (SSSR count). The standard InChI is InChI=1S/C7H7N3O/c1-5-2-6-3-8-9-7(11)10(6)4-5/h2-4H,1H3,(H,9,11). The topological polar surface area (TPSA) is 50.2 Å². The Labute approximate surface area is 62.5 Å². The van der Waals surface area contributed by atoms with Gasteiger partial charge in [-0.05, 0) is 18.6 Å². The van der Waals surface area contributed by atoms with E-state index in [4.69, 9.17) is 0 Å². The van der Waals surface area contributed by atoms with Crippen LogP contribution < -0.4 is 5.69 Å². The summed E-state index contributed by atoms with van der Waals surface area (Å²) in [6.45, 7) is 1.94. The normalized spacial score (nSPS) is 10.6. The van der Waals surface area contributed by atoms with Crippen molar-refractivity contribution in [2.24, 2.45) is 0 Å². The molecule has 0 bridgehead atoms. The molecule has 0 aliphatic carbocycles. The third-order valence-corrected chi connectivity index (χ3v) is 1.56. The maximum Gasteiger partial charge on any atom is 0.346 e. The number of aromatic nitrogens is 3. The minimum Gasteiger partial charge on any atom is -0.267 e. The van der Waals surface area contributed by atoms with Gasteiger partial charge in [0, 0.05) is 6.20 Å². The number of aromatic amines is 1. The molecule has 0 radical (unpaired) electrons. The van der Waals surface area contributed by atoms with Gasteiger partial charge in [-0.15, -0.1) is 0 Å². The van der Waals surface area contributed by atoms with Crippen molar-refractivity contribution < 1.29 is 0 Å². The van der Waals surface area contributed by atoms with Crippen LogP contribution in [0.2, 0.25) is 0 Å². The summed E-state index contributed by atoms with van der Waals surface area (Å²) < 4.78 is 1.53. The highest BCUT2D eigenvalue weighted by molar-refractivity contribution is 5.46. The molecule has 4 heteroatoms. The second-order valence-corrected chi connectivity index (χ2v) is 2.49. The molecule has 0 fully saturated rings. The van der Waals surface area contributed by atoms with Gasteiger partial charge in [-0.2, -0.15) is 5.10 Å². The highest BCUT2D eigenvalue weighted by Gasteiger charge is 1.96. The lowest BCUT2D eigenvalue weighted by molar-refractivity contribution is 0.889. The van der Waals surface area contributed by atoms with Gasteiger partial charge in [0.15, 0.2) is 0 Å². The van der Waals surface area contributed by atoms with E-state index in [2.05, 4.69) is 10.2 Å². The number of fused-ring (bicyclic) bond motifs is 1. The summed E-state index contributed by atoms with van der Waals surface area (Å²) in [7, 11) is 0. The van der Waals surface area contributed by atoms with E-state index in [0.29, 0.717) is 0 Å². The summed E-state index contributed by atoms with van der Waals surface area (Å²) in [5.74, 6) is 0. The molecule has 2 heterocycles. The molecule has 0 spiro atoms. The van der Waals surface area contributed by atoms with E-state index in [0.717, 1.165) is 11.1 Å². The molecule has 4 nitrogen and oxygen atoms in total. The van der Waals surface area contributed by atoms with Crippen LogP contribution in [-0.4, -0.2) is 14.6 Å². The van der Waals surface area contributed by atoms with Crippen molar-refractivity contribution in [3.63, 3.8) is 0 Å². The van der Waals surface area contributed by atoms with Gasteiger partial charge < -0.3 is 0 Å². The van der Waals surface area contributed by atoms with E-state index < -0.39 is 0 Å². The van der Waals surface area contributed by atoms with E-state index in [1.54, 1.807) is 12.4 Å². The highest BCUT2D eigenvalue weighted by Crippen LogP contribution is 2.02. The minimum atomic E-state index is -0.199. The number of aryl methyl sites for hydroxylation is 1. The van der Waals surface area contributed by atoms with E-state index in [1.807, 2.05) is 13.0 Å². The lowest BCUT2D eigenvalue weighted by Crippen LogP contribution is -2.15. The monoisotopic (exact) mass is 149 g/mol. The van der Waals surface area contributed by atoms with Gasteiger partial charge in [-0.1, -0.05) is 0 Å². The van der Waals surface area contributed by atoms with Crippen LogP contribution in [0.5, 0.6) is 0 Å². The Morgan fingerprint density at radius 1 is 1.64 bits per heavy atom. The zero-order valence-corrected chi connectivity index (χ0v) is 6.03. The maximum absolute atomic E-state index is 11.0. The molecule has 2 aromatic rings. The third kappa shape index (κ3) is 0.832. The predicted molar refractivity (Wildman–Crippen MR) is 40.5 cm³/mol. The van der Waals surface area contributed by atoms with Crippen LogP contribution in [0.1, 0.15) is 5.56 Å². The van der Waals surface area contributed by atoms with Gasteiger partial charge in [0.2, 0.25) is 0 Å². The summed E-state index contributed by atoms with van der Waals surface area (Å²) in [6.07, 6.45) is 3.39. The molecule has 0 unspecified atom stereocenters. The van der Waals surface area contributed by atoms with Crippen molar-refractivity contribution in [2.75, 3.05) is 0 Å². The zero-order valence-electron chi connectivity index (χ0n) is 6.03. The first-order chi connectivity index (χ1) is 5.27. The molecule has 0 amide bonds. The number of hydrogen-bond acceptors (Lipinski definition) is 2. The summed E-state index contributed by atoms with van der Waals surface area (Å²) in [6, 6.07) is 1.90. The van der Waals surface area contributed by atoms with Crippen LogP contribution in [0.4, 0.5) is 0 Å². The molecule has 0 aromatic carbocycles. The lowest BCUT2D eigenvalue weighted by atomic mass is 10.4. The molecule has 56 valence electrons. The molecular formula is C7H7N3O. The molecule has 0 aliphatic rings. The zero-order chi connectivity index (χ0) is 7.84. The van der Waals surface area contributed by atoms with Gasteiger partial charge >= 0.3 is 5.69 Å². The highest BCUT2D eigenvalue weighted by atomic mass is 16.1. The number of H-pyrrole nitrogens is 1. The van der Waals surface area contributed by atoms with Crippen molar-refractivity contribution in [1.29, 1.82) is 0 Å². The minimum absolute atomic E-state index is 0.199. The van der Waals surface area contributed by atoms with E-state index in [-0.39, 0.29) is 5.69 Å². The molecule has 11 heavy (non-hydrogen) atoms. The number of nitrogens with zero attached hydrogens (tertiary/aromatic N) is 2. The van der Waals surface area contributed by atoms with Crippen LogP contribution >= 0.6 is 0 Å². The quantitative estimate of drug-likeness (QED) is 0.586. The van der Waals surface area contributed by atoms with Crippen LogP contribution in [0, 0.1) is 6.92 Å². The fourth-order valence-electron chi connectivity index (χ4n) is 1.10. The van der Waals surface area contributed by atoms with Gasteiger partial charge in [-0.25, -0.2) is 9.89 Å². The number of rotatable bonds is 0. The summed E-state index contributed by atoms with van der Waals surface area (Å²) in [4.78, 5) is 11.0. The second kappa shape index (κ2) is 1.95. The predicted octanol–water partition coefficient (Wildman–Crippen LogP) is 0.331. The van der Waals surface area contributed by atoms with E-state index >= 15 is 0 Å². The first-order valence-electron chi connectivity index (χ1n) is 3.30. The average Bonchev–Trinajstić information content (AvgIpc) is 2.31. The Morgan fingerprint density at radius 2 is 2.45 bits per heavy atom. The summed E-state index contributed by atoms with van der Waals surface area (Å²) >= 11 is 0. The first-order valence-corrected chi connectivity index (χ1v) is 3.30. The fraction of sp³-hybridized carbons (Fsp3) is 0.143. The van der Waals surface area contributed by atoms with E-state index in [9.17, 15) is 4.79 Å². The summed E-state index contributed by atoms with van der Waals surface area (Å²) in [5.41, 5.74) is 1.69. The van der Waals surface area contributed by atoms with Gasteiger partial charge in [0.25, 0.3) is 0 Å². The van der Waals surface area contributed by atoms with E-state index in [1.165, 1.54) is 4.40 Å². The molecule has 0 saturated carbocycles. The molecule has 0 aliphatic heterocycles. The molecule has 2 aromatic heterocycles. The lowest BCUT2D eigenvalue weighted by Gasteiger charge is -1.87. The largest absolute Gasteiger partial charge is 0.346 e. The first kappa shape index (κ1) is 6.15.